The van der Waals surface area contributed by atoms with Crippen molar-refractivity contribution in [1.29, 1.82) is 0 Å². The van der Waals surface area contributed by atoms with Crippen LogP contribution in [0, 0.1) is 13.8 Å². The van der Waals surface area contributed by atoms with Crippen molar-refractivity contribution in [2.75, 3.05) is 5.32 Å². The van der Waals surface area contributed by atoms with Gasteiger partial charge in [-0.15, -0.1) is 0 Å². The van der Waals surface area contributed by atoms with Crippen LogP contribution < -0.4 is 10.9 Å². The van der Waals surface area contributed by atoms with Gasteiger partial charge in [0.05, 0.1) is 5.56 Å². The van der Waals surface area contributed by atoms with Gasteiger partial charge in [0.15, 0.2) is 0 Å². The van der Waals surface area contributed by atoms with Crippen LogP contribution in [0.3, 0.4) is 0 Å². The Balaban J connectivity index is 2.05. The summed E-state index contributed by atoms with van der Waals surface area (Å²) in [6, 6.07) is 13.9. The van der Waals surface area contributed by atoms with Crippen molar-refractivity contribution in [3.05, 3.63) is 64.1 Å². The molecule has 0 radical (unpaired) electrons. The molecule has 2 N–H and O–H groups in total. The minimum absolute atomic E-state index is 0.135. The largest absolute Gasteiger partial charge is 0.365 e. The summed E-state index contributed by atoms with van der Waals surface area (Å²) in [5.41, 5.74) is 4.80. The minimum atomic E-state index is -0.173. The van der Waals surface area contributed by atoms with Gasteiger partial charge in [-0.25, -0.2) is 4.98 Å². The number of nitrogens with zero attached hydrogens (tertiary/aromatic N) is 2. The Labute approximate surface area is 158 Å². The van der Waals surface area contributed by atoms with E-state index in [1.165, 1.54) is 0 Å². The molecule has 0 aliphatic heterocycles. The third-order valence-corrected chi connectivity index (χ3v) is 4.59. The lowest BCUT2D eigenvalue weighted by atomic mass is 10.1. The first kappa shape index (κ1) is 17.3. The zero-order valence-electron chi connectivity index (χ0n) is 16.3. The molecular formula is C22H24N4O. The molecule has 0 saturated carbocycles. The number of benzene rings is 1. The van der Waals surface area contributed by atoms with Gasteiger partial charge in [0.1, 0.15) is 17.2 Å². The monoisotopic (exact) mass is 360 g/mol. The molecule has 0 atom stereocenters. The van der Waals surface area contributed by atoms with E-state index in [-0.39, 0.29) is 11.1 Å². The van der Waals surface area contributed by atoms with E-state index in [9.17, 15) is 4.79 Å². The van der Waals surface area contributed by atoms with Gasteiger partial charge in [0.2, 0.25) is 0 Å². The number of hydrogen-bond donors (Lipinski definition) is 2. The lowest BCUT2D eigenvalue weighted by Gasteiger charge is -2.23. The van der Waals surface area contributed by atoms with Gasteiger partial charge in [-0.2, -0.15) is 0 Å². The topological polar surface area (TPSA) is 62.2 Å². The number of aryl methyl sites for hydroxylation is 2. The average Bonchev–Trinajstić information content (AvgIpc) is 2.92. The fourth-order valence-electron chi connectivity index (χ4n) is 3.41. The number of aromatic amines is 1. The molecule has 5 nitrogen and oxygen atoms in total. The van der Waals surface area contributed by atoms with Crippen LogP contribution in [0.2, 0.25) is 0 Å². The van der Waals surface area contributed by atoms with Crippen LogP contribution in [-0.4, -0.2) is 19.9 Å². The lowest BCUT2D eigenvalue weighted by Crippen LogP contribution is -2.27. The zero-order chi connectivity index (χ0) is 19.3. The van der Waals surface area contributed by atoms with Gasteiger partial charge in [0, 0.05) is 16.7 Å². The highest BCUT2D eigenvalue weighted by Crippen LogP contribution is 2.31. The molecular weight excluding hydrogens is 336 g/mol. The molecule has 1 aromatic carbocycles. The lowest BCUT2D eigenvalue weighted by molar-refractivity contribution is 0.629. The number of H-pyrrole nitrogens is 1. The van der Waals surface area contributed by atoms with Gasteiger partial charge in [-0.1, -0.05) is 17.7 Å². The Morgan fingerprint density at radius 3 is 2.59 bits per heavy atom. The Morgan fingerprint density at radius 1 is 1.07 bits per heavy atom. The third-order valence-electron chi connectivity index (χ3n) is 4.59. The number of anilines is 1. The number of rotatable bonds is 2. The summed E-state index contributed by atoms with van der Waals surface area (Å²) in [5.74, 6) is 0.841. The quantitative estimate of drug-likeness (QED) is 0.546. The third kappa shape index (κ3) is 3.10. The van der Waals surface area contributed by atoms with E-state index in [1.807, 2.05) is 50.2 Å². The molecule has 4 rings (SSSR count). The van der Waals surface area contributed by atoms with Crippen molar-refractivity contribution in [2.45, 2.75) is 40.2 Å². The molecule has 5 heteroatoms. The zero-order valence-corrected chi connectivity index (χ0v) is 16.3. The summed E-state index contributed by atoms with van der Waals surface area (Å²) in [7, 11) is 0. The standard InChI is InChI=1S/C22H24N4O/c1-13-9-10-17-15(11-13)12-16(21(27)23-17)19-20(25-22(3,4)5)26-14(2)7-6-8-18(26)24-19/h6-12,25H,1-5H3,(H,23,27). The molecule has 138 valence electrons. The van der Waals surface area contributed by atoms with Crippen molar-refractivity contribution in [2.24, 2.45) is 0 Å². The van der Waals surface area contributed by atoms with Crippen LogP contribution in [0.5, 0.6) is 0 Å². The van der Waals surface area contributed by atoms with Crippen molar-refractivity contribution in [3.63, 3.8) is 0 Å². The van der Waals surface area contributed by atoms with E-state index < -0.39 is 0 Å². The van der Waals surface area contributed by atoms with E-state index in [4.69, 9.17) is 4.98 Å². The highest BCUT2D eigenvalue weighted by molar-refractivity contribution is 5.86. The Hall–Kier alpha value is -3.08. The van der Waals surface area contributed by atoms with E-state index >= 15 is 0 Å². The fourth-order valence-corrected chi connectivity index (χ4v) is 3.41. The normalized spacial score (nSPS) is 12.0. The summed E-state index contributed by atoms with van der Waals surface area (Å²) in [6.45, 7) is 10.4. The SMILES string of the molecule is Cc1ccc2[nH]c(=O)c(-c3nc4cccc(C)n4c3NC(C)(C)C)cc2c1. The maximum absolute atomic E-state index is 12.9. The van der Waals surface area contributed by atoms with Gasteiger partial charge in [0.25, 0.3) is 5.56 Å². The maximum atomic E-state index is 12.9. The van der Waals surface area contributed by atoms with Crippen molar-refractivity contribution < 1.29 is 0 Å². The molecule has 0 spiro atoms. The molecule has 0 bridgehead atoms. The summed E-state index contributed by atoms with van der Waals surface area (Å²) in [6.07, 6.45) is 0. The first-order chi connectivity index (χ1) is 12.7. The van der Waals surface area contributed by atoms with Crippen molar-refractivity contribution in [3.8, 4) is 11.3 Å². The summed E-state index contributed by atoms with van der Waals surface area (Å²) in [5, 5.41) is 4.55. The van der Waals surface area contributed by atoms with Crippen LogP contribution in [0.1, 0.15) is 32.0 Å². The molecule has 0 saturated heterocycles. The number of nitrogens with one attached hydrogen (secondary N) is 2. The molecule has 27 heavy (non-hydrogen) atoms. The summed E-state index contributed by atoms with van der Waals surface area (Å²) < 4.78 is 2.07. The minimum Gasteiger partial charge on any atom is -0.365 e. The highest BCUT2D eigenvalue weighted by Gasteiger charge is 2.22. The second-order valence-electron chi connectivity index (χ2n) is 8.15. The average molecular weight is 360 g/mol. The molecule has 4 aromatic rings. The van der Waals surface area contributed by atoms with E-state index in [0.717, 1.165) is 33.6 Å². The van der Waals surface area contributed by atoms with Crippen molar-refractivity contribution in [1.82, 2.24) is 14.4 Å². The number of aromatic nitrogens is 3. The molecule has 3 heterocycles. The predicted octanol–water partition coefficient (Wildman–Crippen LogP) is 4.67. The van der Waals surface area contributed by atoms with Crippen molar-refractivity contribution >= 4 is 22.4 Å². The van der Waals surface area contributed by atoms with E-state index in [0.29, 0.717) is 11.3 Å². The van der Waals surface area contributed by atoms with E-state index in [2.05, 4.69) is 41.5 Å². The Morgan fingerprint density at radius 2 is 1.85 bits per heavy atom. The Kier molecular flexibility index (Phi) is 3.84. The molecule has 0 unspecified atom stereocenters. The highest BCUT2D eigenvalue weighted by atomic mass is 16.1. The smallest absolute Gasteiger partial charge is 0.258 e. The van der Waals surface area contributed by atoms with Crippen LogP contribution in [-0.2, 0) is 0 Å². The number of imidazole rings is 1. The first-order valence-electron chi connectivity index (χ1n) is 9.13. The first-order valence-corrected chi connectivity index (χ1v) is 9.13. The fraction of sp³-hybridized carbons (Fsp3) is 0.273. The van der Waals surface area contributed by atoms with Gasteiger partial charge in [-0.3, -0.25) is 9.20 Å². The number of hydrogen-bond acceptors (Lipinski definition) is 3. The summed E-state index contributed by atoms with van der Waals surface area (Å²) >= 11 is 0. The maximum Gasteiger partial charge on any atom is 0.258 e. The summed E-state index contributed by atoms with van der Waals surface area (Å²) in [4.78, 5) is 20.7. The van der Waals surface area contributed by atoms with Gasteiger partial charge in [-0.05, 0) is 70.3 Å². The Bertz CT molecular complexity index is 1220. The second kappa shape index (κ2) is 5.98. The second-order valence-corrected chi connectivity index (χ2v) is 8.15. The van der Waals surface area contributed by atoms with Crippen LogP contribution in [0.25, 0.3) is 27.8 Å². The van der Waals surface area contributed by atoms with Crippen LogP contribution >= 0.6 is 0 Å². The van der Waals surface area contributed by atoms with Gasteiger partial charge >= 0.3 is 0 Å². The van der Waals surface area contributed by atoms with E-state index in [1.54, 1.807) is 0 Å². The molecule has 0 amide bonds. The molecule has 0 aliphatic rings. The number of pyridine rings is 2. The molecule has 0 aliphatic carbocycles. The predicted molar refractivity (Wildman–Crippen MR) is 112 cm³/mol. The van der Waals surface area contributed by atoms with Crippen LogP contribution in [0.15, 0.2) is 47.3 Å². The number of fused-ring (bicyclic) bond motifs is 2. The van der Waals surface area contributed by atoms with Crippen LogP contribution in [0.4, 0.5) is 5.82 Å². The van der Waals surface area contributed by atoms with Gasteiger partial charge < -0.3 is 10.3 Å². The molecule has 0 fully saturated rings. The molecule has 3 aromatic heterocycles.